The molecule has 0 bridgehead atoms. The second kappa shape index (κ2) is 5.03. The van der Waals surface area contributed by atoms with Crippen LogP contribution in [0.1, 0.15) is 5.56 Å². The van der Waals surface area contributed by atoms with Gasteiger partial charge in [0.2, 0.25) is 0 Å². The molecule has 5 heteroatoms. The molecule has 0 amide bonds. The van der Waals surface area contributed by atoms with Crippen LogP contribution >= 0.6 is 11.6 Å². The van der Waals surface area contributed by atoms with E-state index in [-0.39, 0.29) is 22.0 Å². The van der Waals surface area contributed by atoms with E-state index in [0.717, 1.165) is 6.07 Å². The molecule has 0 saturated heterocycles. The van der Waals surface area contributed by atoms with Crippen LogP contribution in [-0.2, 0) is 0 Å². The Labute approximate surface area is 107 Å². The normalized spacial score (nSPS) is 9.89. The lowest BCUT2D eigenvalue weighted by atomic mass is 10.2. The van der Waals surface area contributed by atoms with Crippen LogP contribution in [0.3, 0.4) is 0 Å². The Morgan fingerprint density at radius 3 is 2.50 bits per heavy atom. The third kappa shape index (κ3) is 2.58. The number of hydrogen-bond donors (Lipinski definition) is 1. The van der Waals surface area contributed by atoms with Crippen LogP contribution in [0.25, 0.3) is 0 Å². The molecule has 0 unspecified atom stereocenters. The van der Waals surface area contributed by atoms with E-state index in [1.165, 1.54) is 30.3 Å². The number of nitrogens with one attached hydrogen (secondary N) is 1. The summed E-state index contributed by atoms with van der Waals surface area (Å²) in [6, 6.07) is 9.53. The quantitative estimate of drug-likeness (QED) is 0.881. The molecule has 18 heavy (non-hydrogen) atoms. The molecule has 0 aliphatic heterocycles. The lowest BCUT2D eigenvalue weighted by Crippen LogP contribution is -1.95. The van der Waals surface area contributed by atoms with Gasteiger partial charge in [0.1, 0.15) is 11.6 Å². The highest BCUT2D eigenvalue weighted by Crippen LogP contribution is 2.27. The topological polar surface area (TPSA) is 35.8 Å². The summed E-state index contributed by atoms with van der Waals surface area (Å²) in [4.78, 5) is 0. The van der Waals surface area contributed by atoms with Crippen LogP contribution in [0.4, 0.5) is 20.2 Å². The van der Waals surface area contributed by atoms with Gasteiger partial charge in [-0.25, -0.2) is 8.78 Å². The first kappa shape index (κ1) is 12.3. The first-order valence-corrected chi connectivity index (χ1v) is 5.39. The van der Waals surface area contributed by atoms with Crippen molar-refractivity contribution < 1.29 is 8.78 Å². The predicted octanol–water partition coefficient (Wildman–Crippen LogP) is 4.23. The Kier molecular flexibility index (Phi) is 3.45. The van der Waals surface area contributed by atoms with Crippen LogP contribution in [0.2, 0.25) is 5.02 Å². The van der Waals surface area contributed by atoms with Crippen LogP contribution in [0.15, 0.2) is 36.4 Å². The Hall–Kier alpha value is -2.12. The fourth-order valence-electron chi connectivity index (χ4n) is 1.42. The lowest BCUT2D eigenvalue weighted by molar-refractivity contribution is 0.626. The first-order valence-electron chi connectivity index (χ1n) is 5.02. The molecule has 0 atom stereocenters. The van der Waals surface area contributed by atoms with E-state index in [9.17, 15) is 8.78 Å². The minimum Gasteiger partial charge on any atom is -0.352 e. The van der Waals surface area contributed by atoms with Gasteiger partial charge in [0.15, 0.2) is 0 Å². The Morgan fingerprint density at radius 2 is 1.83 bits per heavy atom. The maximum absolute atomic E-state index is 13.6. The van der Waals surface area contributed by atoms with E-state index in [1.807, 2.05) is 6.07 Å². The van der Waals surface area contributed by atoms with Crippen molar-refractivity contribution >= 4 is 23.0 Å². The maximum Gasteiger partial charge on any atom is 0.147 e. The summed E-state index contributed by atoms with van der Waals surface area (Å²) in [5.74, 6) is -1.08. The molecule has 0 fully saturated rings. The summed E-state index contributed by atoms with van der Waals surface area (Å²) in [5, 5.41) is 11.6. The predicted molar refractivity (Wildman–Crippen MR) is 65.8 cm³/mol. The molecular formula is C13H7ClF2N2. The monoisotopic (exact) mass is 264 g/mol. The van der Waals surface area contributed by atoms with E-state index in [4.69, 9.17) is 16.9 Å². The van der Waals surface area contributed by atoms with Gasteiger partial charge in [-0.2, -0.15) is 5.26 Å². The first-order chi connectivity index (χ1) is 8.60. The highest BCUT2D eigenvalue weighted by Gasteiger charge is 2.07. The van der Waals surface area contributed by atoms with Crippen LogP contribution < -0.4 is 5.32 Å². The smallest absolute Gasteiger partial charge is 0.147 e. The second-order valence-corrected chi connectivity index (χ2v) is 3.96. The van der Waals surface area contributed by atoms with Crippen LogP contribution in [-0.4, -0.2) is 0 Å². The number of nitriles is 1. The van der Waals surface area contributed by atoms with Gasteiger partial charge in [0.25, 0.3) is 0 Å². The zero-order valence-corrected chi connectivity index (χ0v) is 9.80. The third-order valence-electron chi connectivity index (χ3n) is 2.30. The Balaban J connectivity index is 2.34. The fourth-order valence-corrected chi connectivity index (χ4v) is 1.59. The molecule has 2 aromatic carbocycles. The molecule has 0 saturated carbocycles. The molecule has 2 aromatic rings. The highest BCUT2D eigenvalue weighted by atomic mass is 35.5. The fraction of sp³-hybridized carbons (Fsp3) is 0. The standard InChI is InChI=1S/C13H7ClF2N2/c14-10-3-2-9(15)6-13(10)18-12-4-1-8(7-17)5-11(12)16/h1-6,18H. The third-order valence-corrected chi connectivity index (χ3v) is 2.63. The molecule has 1 N–H and O–H groups in total. The van der Waals surface area contributed by atoms with Gasteiger partial charge in [-0.15, -0.1) is 0 Å². The van der Waals surface area contributed by atoms with Crippen molar-refractivity contribution in [3.63, 3.8) is 0 Å². The summed E-state index contributed by atoms with van der Waals surface area (Å²) in [6.45, 7) is 0. The van der Waals surface area contributed by atoms with Crippen LogP contribution in [0, 0.1) is 23.0 Å². The summed E-state index contributed by atoms with van der Waals surface area (Å²) in [7, 11) is 0. The van der Waals surface area contributed by atoms with Crippen molar-refractivity contribution in [2.24, 2.45) is 0 Å². The number of anilines is 2. The maximum atomic E-state index is 13.6. The molecule has 2 rings (SSSR count). The Morgan fingerprint density at radius 1 is 1.06 bits per heavy atom. The molecule has 0 aliphatic carbocycles. The molecule has 0 spiro atoms. The van der Waals surface area contributed by atoms with E-state index in [1.54, 1.807) is 0 Å². The zero-order chi connectivity index (χ0) is 13.1. The van der Waals surface area contributed by atoms with E-state index < -0.39 is 11.6 Å². The molecule has 0 aliphatic rings. The summed E-state index contributed by atoms with van der Waals surface area (Å²) >= 11 is 5.85. The zero-order valence-electron chi connectivity index (χ0n) is 9.05. The summed E-state index contributed by atoms with van der Waals surface area (Å²) in [5.41, 5.74) is 0.602. The van der Waals surface area contributed by atoms with Gasteiger partial charge in [0, 0.05) is 0 Å². The molecule has 0 radical (unpaired) electrons. The molecule has 0 aromatic heterocycles. The number of halogens is 3. The molecule has 90 valence electrons. The van der Waals surface area contributed by atoms with E-state index in [0.29, 0.717) is 0 Å². The summed E-state index contributed by atoms with van der Waals surface area (Å²) < 4.78 is 26.6. The van der Waals surface area contributed by atoms with Crippen molar-refractivity contribution in [1.29, 1.82) is 5.26 Å². The molecule has 0 heterocycles. The molecular weight excluding hydrogens is 258 g/mol. The minimum atomic E-state index is -0.602. The Bertz CT molecular complexity index is 635. The number of hydrogen-bond acceptors (Lipinski definition) is 2. The van der Waals surface area contributed by atoms with E-state index >= 15 is 0 Å². The van der Waals surface area contributed by atoms with Gasteiger partial charge in [-0.05, 0) is 36.4 Å². The highest BCUT2D eigenvalue weighted by molar-refractivity contribution is 6.33. The second-order valence-electron chi connectivity index (χ2n) is 3.56. The molecule has 2 nitrogen and oxygen atoms in total. The average Bonchev–Trinajstić information content (AvgIpc) is 2.36. The van der Waals surface area contributed by atoms with Gasteiger partial charge >= 0.3 is 0 Å². The van der Waals surface area contributed by atoms with Gasteiger partial charge in [-0.1, -0.05) is 11.6 Å². The number of benzene rings is 2. The van der Waals surface area contributed by atoms with Crippen molar-refractivity contribution in [2.45, 2.75) is 0 Å². The van der Waals surface area contributed by atoms with Gasteiger partial charge in [0.05, 0.1) is 28.0 Å². The average molecular weight is 265 g/mol. The van der Waals surface area contributed by atoms with Gasteiger partial charge in [-0.3, -0.25) is 0 Å². The number of nitrogens with zero attached hydrogens (tertiary/aromatic N) is 1. The SMILES string of the molecule is N#Cc1ccc(Nc2cc(F)ccc2Cl)c(F)c1. The van der Waals surface area contributed by atoms with Crippen molar-refractivity contribution in [2.75, 3.05) is 5.32 Å². The summed E-state index contributed by atoms with van der Waals surface area (Å²) in [6.07, 6.45) is 0. The van der Waals surface area contributed by atoms with E-state index in [2.05, 4.69) is 5.32 Å². The number of rotatable bonds is 2. The van der Waals surface area contributed by atoms with Crippen molar-refractivity contribution in [1.82, 2.24) is 0 Å². The van der Waals surface area contributed by atoms with Crippen molar-refractivity contribution in [3.8, 4) is 6.07 Å². The largest absolute Gasteiger partial charge is 0.352 e. The van der Waals surface area contributed by atoms with Gasteiger partial charge < -0.3 is 5.32 Å². The lowest BCUT2D eigenvalue weighted by Gasteiger charge is -2.09. The van der Waals surface area contributed by atoms with Crippen LogP contribution in [0.5, 0.6) is 0 Å². The van der Waals surface area contributed by atoms with Crippen molar-refractivity contribution in [3.05, 3.63) is 58.6 Å². The minimum absolute atomic E-state index is 0.126.